The number of carbonyl (C=O) groups is 2. The molecule has 0 saturated carbocycles. The third-order valence-corrected chi connectivity index (χ3v) is 3.45. The number of hydrogen-bond donors (Lipinski definition) is 0. The van der Waals surface area contributed by atoms with E-state index in [0.29, 0.717) is 19.4 Å². The lowest BCUT2D eigenvalue weighted by atomic mass is 9.90. The Bertz CT molecular complexity index is 330. The summed E-state index contributed by atoms with van der Waals surface area (Å²) in [5, 5.41) is 0. The van der Waals surface area contributed by atoms with Crippen LogP contribution in [0.1, 0.15) is 39.5 Å². The van der Waals surface area contributed by atoms with Gasteiger partial charge in [-0.1, -0.05) is 13.8 Å². The molecule has 0 amide bonds. The fourth-order valence-corrected chi connectivity index (χ4v) is 2.28. The molecule has 2 rings (SSSR count). The SMILES string of the molecule is CC1(C)COC(=O)[C@@H]1OC(=O)CCC1CCCO1. The average Bonchev–Trinajstić information content (AvgIpc) is 2.90. The van der Waals surface area contributed by atoms with Gasteiger partial charge in [0.15, 0.2) is 0 Å². The van der Waals surface area contributed by atoms with Crippen molar-refractivity contribution in [3.63, 3.8) is 0 Å². The highest BCUT2D eigenvalue weighted by molar-refractivity contribution is 5.81. The highest BCUT2D eigenvalue weighted by atomic mass is 16.6. The van der Waals surface area contributed by atoms with E-state index in [9.17, 15) is 9.59 Å². The van der Waals surface area contributed by atoms with Gasteiger partial charge in [0.05, 0.1) is 6.10 Å². The highest BCUT2D eigenvalue weighted by Crippen LogP contribution is 2.31. The first-order valence-electron chi connectivity index (χ1n) is 6.47. The van der Waals surface area contributed by atoms with Crippen LogP contribution < -0.4 is 0 Å². The zero-order valence-corrected chi connectivity index (χ0v) is 10.9. The summed E-state index contributed by atoms with van der Waals surface area (Å²) in [4.78, 5) is 23.2. The van der Waals surface area contributed by atoms with Crippen LogP contribution in [0.5, 0.6) is 0 Å². The number of esters is 2. The van der Waals surface area contributed by atoms with Crippen LogP contribution in [-0.4, -0.2) is 37.4 Å². The fourth-order valence-electron chi connectivity index (χ4n) is 2.28. The van der Waals surface area contributed by atoms with E-state index in [1.807, 2.05) is 13.8 Å². The number of hydrogen-bond acceptors (Lipinski definition) is 5. The highest BCUT2D eigenvalue weighted by Gasteiger charge is 2.46. The van der Waals surface area contributed by atoms with E-state index in [-0.39, 0.29) is 12.1 Å². The minimum absolute atomic E-state index is 0.168. The average molecular weight is 256 g/mol. The molecule has 0 radical (unpaired) electrons. The summed E-state index contributed by atoms with van der Waals surface area (Å²) in [6, 6.07) is 0. The second-order valence-electron chi connectivity index (χ2n) is 5.64. The van der Waals surface area contributed by atoms with Gasteiger partial charge in [0.1, 0.15) is 6.61 Å². The molecule has 102 valence electrons. The molecule has 1 unspecified atom stereocenters. The van der Waals surface area contributed by atoms with Crippen LogP contribution in [0.3, 0.4) is 0 Å². The molecule has 2 heterocycles. The van der Waals surface area contributed by atoms with Crippen LogP contribution >= 0.6 is 0 Å². The molecular formula is C13H20O5. The van der Waals surface area contributed by atoms with Gasteiger partial charge in [-0.05, 0) is 19.3 Å². The summed E-state index contributed by atoms with van der Waals surface area (Å²) in [6.45, 7) is 4.79. The first-order valence-corrected chi connectivity index (χ1v) is 6.47. The van der Waals surface area contributed by atoms with Crippen LogP contribution in [0.25, 0.3) is 0 Å². The first-order chi connectivity index (χ1) is 8.49. The standard InChI is InChI=1S/C13H20O5/c1-13(2)8-17-12(15)11(13)18-10(14)6-5-9-4-3-7-16-9/h9,11H,3-8H2,1-2H3/t9?,11-/m0/s1. The van der Waals surface area contributed by atoms with Gasteiger partial charge in [0, 0.05) is 18.4 Å². The van der Waals surface area contributed by atoms with E-state index in [1.54, 1.807) is 0 Å². The van der Waals surface area contributed by atoms with Gasteiger partial charge >= 0.3 is 11.9 Å². The van der Waals surface area contributed by atoms with E-state index >= 15 is 0 Å². The van der Waals surface area contributed by atoms with Crippen molar-refractivity contribution in [2.24, 2.45) is 5.41 Å². The third-order valence-electron chi connectivity index (χ3n) is 3.45. The summed E-state index contributed by atoms with van der Waals surface area (Å²) in [5.41, 5.74) is -0.434. The van der Waals surface area contributed by atoms with E-state index in [0.717, 1.165) is 19.4 Å². The fraction of sp³-hybridized carbons (Fsp3) is 0.846. The molecule has 0 aromatic heterocycles. The van der Waals surface area contributed by atoms with Gasteiger partial charge in [-0.25, -0.2) is 4.79 Å². The zero-order chi connectivity index (χ0) is 13.2. The Labute approximate surface area is 107 Å². The Morgan fingerprint density at radius 2 is 2.28 bits per heavy atom. The maximum atomic E-state index is 11.7. The normalized spacial score (nSPS) is 30.2. The Hall–Kier alpha value is -1.10. The van der Waals surface area contributed by atoms with Crippen molar-refractivity contribution in [2.45, 2.75) is 51.7 Å². The molecule has 0 spiro atoms. The van der Waals surface area contributed by atoms with Gasteiger partial charge in [-0.2, -0.15) is 0 Å². The Kier molecular flexibility index (Phi) is 3.90. The van der Waals surface area contributed by atoms with Gasteiger partial charge in [-0.15, -0.1) is 0 Å². The van der Waals surface area contributed by atoms with Crippen molar-refractivity contribution in [3.8, 4) is 0 Å². The monoisotopic (exact) mass is 256 g/mol. The molecule has 5 heteroatoms. The smallest absolute Gasteiger partial charge is 0.348 e. The van der Waals surface area contributed by atoms with E-state index < -0.39 is 17.5 Å². The molecule has 0 aromatic rings. The lowest BCUT2D eigenvalue weighted by Gasteiger charge is -2.21. The Morgan fingerprint density at radius 3 is 2.83 bits per heavy atom. The largest absolute Gasteiger partial charge is 0.462 e. The lowest BCUT2D eigenvalue weighted by molar-refractivity contribution is -0.163. The van der Waals surface area contributed by atoms with Crippen molar-refractivity contribution in [3.05, 3.63) is 0 Å². The van der Waals surface area contributed by atoms with Crippen LogP contribution in [0.4, 0.5) is 0 Å². The molecule has 18 heavy (non-hydrogen) atoms. The minimum atomic E-state index is -0.769. The maximum absolute atomic E-state index is 11.7. The molecule has 0 N–H and O–H groups in total. The molecule has 2 aliphatic heterocycles. The maximum Gasteiger partial charge on any atom is 0.348 e. The van der Waals surface area contributed by atoms with E-state index in [2.05, 4.69) is 0 Å². The summed E-state index contributed by atoms with van der Waals surface area (Å²) in [6.07, 6.45) is 2.42. The molecule has 2 atom stereocenters. The number of rotatable bonds is 4. The van der Waals surface area contributed by atoms with Crippen LogP contribution in [-0.2, 0) is 23.8 Å². The van der Waals surface area contributed by atoms with Crippen molar-refractivity contribution in [2.75, 3.05) is 13.2 Å². The van der Waals surface area contributed by atoms with E-state index in [4.69, 9.17) is 14.2 Å². The van der Waals surface area contributed by atoms with Gasteiger partial charge in [-0.3, -0.25) is 4.79 Å². The van der Waals surface area contributed by atoms with Gasteiger partial charge < -0.3 is 14.2 Å². The van der Waals surface area contributed by atoms with E-state index in [1.165, 1.54) is 0 Å². The molecule has 2 aliphatic rings. The Morgan fingerprint density at radius 1 is 1.50 bits per heavy atom. The van der Waals surface area contributed by atoms with Crippen molar-refractivity contribution in [1.82, 2.24) is 0 Å². The second-order valence-corrected chi connectivity index (χ2v) is 5.64. The summed E-state index contributed by atoms with van der Waals surface area (Å²) in [7, 11) is 0. The van der Waals surface area contributed by atoms with Crippen molar-refractivity contribution in [1.29, 1.82) is 0 Å². The molecule has 0 bridgehead atoms. The topological polar surface area (TPSA) is 61.8 Å². The summed E-state index contributed by atoms with van der Waals surface area (Å²) >= 11 is 0. The summed E-state index contributed by atoms with van der Waals surface area (Å²) < 4.78 is 15.6. The molecule has 5 nitrogen and oxygen atoms in total. The van der Waals surface area contributed by atoms with Crippen LogP contribution in [0.2, 0.25) is 0 Å². The van der Waals surface area contributed by atoms with Gasteiger partial charge in [0.25, 0.3) is 0 Å². The number of ether oxygens (including phenoxy) is 3. The first kappa shape index (κ1) is 13.3. The van der Waals surface area contributed by atoms with Crippen LogP contribution in [0, 0.1) is 5.41 Å². The number of carbonyl (C=O) groups excluding carboxylic acids is 2. The third kappa shape index (κ3) is 3.02. The van der Waals surface area contributed by atoms with Crippen molar-refractivity contribution < 1.29 is 23.8 Å². The summed E-state index contributed by atoms with van der Waals surface area (Å²) in [5.74, 6) is -0.784. The minimum Gasteiger partial charge on any atom is -0.462 e. The van der Waals surface area contributed by atoms with Gasteiger partial charge in [0.2, 0.25) is 6.10 Å². The molecule has 0 aromatic carbocycles. The zero-order valence-electron chi connectivity index (χ0n) is 10.9. The quantitative estimate of drug-likeness (QED) is 0.712. The predicted octanol–water partition coefficient (Wildman–Crippen LogP) is 1.44. The Balaban J connectivity index is 1.78. The predicted molar refractivity (Wildman–Crippen MR) is 62.8 cm³/mol. The van der Waals surface area contributed by atoms with Crippen molar-refractivity contribution >= 4 is 11.9 Å². The molecule has 2 fully saturated rings. The number of cyclic esters (lactones) is 1. The molecule has 2 saturated heterocycles. The molecular weight excluding hydrogens is 236 g/mol. The lowest BCUT2D eigenvalue weighted by Crippen LogP contribution is -2.35. The second kappa shape index (κ2) is 5.26. The molecule has 0 aliphatic carbocycles. The van der Waals surface area contributed by atoms with Crippen LogP contribution in [0.15, 0.2) is 0 Å².